The summed E-state index contributed by atoms with van der Waals surface area (Å²) in [5, 5.41) is 3.71. The maximum absolute atomic E-state index is 6.21. The van der Waals surface area contributed by atoms with Gasteiger partial charge in [-0.2, -0.15) is 0 Å². The minimum Gasteiger partial charge on any atom is -0.304 e. The van der Waals surface area contributed by atoms with Crippen molar-refractivity contribution in [1.82, 2.24) is 10.2 Å². The van der Waals surface area contributed by atoms with Crippen molar-refractivity contribution in [2.75, 3.05) is 24.1 Å². The monoisotopic (exact) mass is 321 g/mol. The zero-order valence-corrected chi connectivity index (χ0v) is 14.7. The van der Waals surface area contributed by atoms with Crippen LogP contribution in [0.3, 0.4) is 0 Å². The Kier molecular flexibility index (Phi) is 6.74. The van der Waals surface area contributed by atoms with Gasteiger partial charge in [0.05, 0.1) is 11.7 Å². The highest BCUT2D eigenvalue weighted by Crippen LogP contribution is 2.33. The smallest absolute Gasteiger partial charge is 0.0625 e. The summed E-state index contributed by atoms with van der Waals surface area (Å²) in [7, 11) is 0. The van der Waals surface area contributed by atoms with Crippen LogP contribution in [0.15, 0.2) is 36.5 Å². The SMILES string of the molecule is CCN(CC)CCCC(C)NC1C=CN(Cl)c2ccccc21. The molecule has 1 aromatic carbocycles. The van der Waals surface area contributed by atoms with E-state index < -0.39 is 0 Å². The molecule has 1 aliphatic heterocycles. The van der Waals surface area contributed by atoms with Crippen molar-refractivity contribution in [3.63, 3.8) is 0 Å². The first-order valence-electron chi connectivity index (χ1n) is 8.36. The molecule has 2 rings (SSSR count). The van der Waals surface area contributed by atoms with E-state index in [0.717, 1.165) is 18.8 Å². The maximum atomic E-state index is 6.21. The molecule has 4 heteroatoms. The number of halogens is 1. The van der Waals surface area contributed by atoms with Gasteiger partial charge in [-0.1, -0.05) is 32.0 Å². The van der Waals surface area contributed by atoms with E-state index in [4.69, 9.17) is 11.8 Å². The summed E-state index contributed by atoms with van der Waals surface area (Å²) < 4.78 is 1.67. The number of nitrogens with zero attached hydrogens (tertiary/aromatic N) is 2. The molecule has 0 fully saturated rings. The lowest BCUT2D eigenvalue weighted by molar-refractivity contribution is 0.289. The molecule has 0 aromatic heterocycles. The van der Waals surface area contributed by atoms with Gasteiger partial charge in [0.15, 0.2) is 0 Å². The number of fused-ring (bicyclic) bond motifs is 1. The van der Waals surface area contributed by atoms with Crippen LogP contribution < -0.4 is 9.74 Å². The van der Waals surface area contributed by atoms with Crippen molar-refractivity contribution in [3.05, 3.63) is 42.1 Å². The van der Waals surface area contributed by atoms with Crippen molar-refractivity contribution in [2.24, 2.45) is 0 Å². The van der Waals surface area contributed by atoms with Crippen LogP contribution in [0.25, 0.3) is 0 Å². The Bertz CT molecular complexity index is 485. The summed E-state index contributed by atoms with van der Waals surface area (Å²) in [6.45, 7) is 10.2. The Balaban J connectivity index is 1.87. The zero-order valence-electron chi connectivity index (χ0n) is 13.9. The largest absolute Gasteiger partial charge is 0.304 e. The summed E-state index contributed by atoms with van der Waals surface area (Å²) in [4.78, 5) is 2.48. The molecule has 0 bridgehead atoms. The fourth-order valence-corrected chi connectivity index (χ4v) is 3.21. The standard InChI is InChI=1S/C18H28ClN3/c1-4-21(5-2)13-8-9-15(3)20-17-12-14-22(19)18-11-7-6-10-16(17)18/h6-7,10-12,14-15,17,20H,4-5,8-9,13H2,1-3H3. The molecule has 0 radical (unpaired) electrons. The van der Waals surface area contributed by atoms with Crippen LogP contribution >= 0.6 is 11.8 Å². The number of rotatable bonds is 8. The highest BCUT2D eigenvalue weighted by molar-refractivity contribution is 6.27. The number of anilines is 1. The van der Waals surface area contributed by atoms with Crippen LogP contribution in [0.2, 0.25) is 0 Å². The fraction of sp³-hybridized carbons (Fsp3) is 0.556. The van der Waals surface area contributed by atoms with Crippen LogP contribution in [0.4, 0.5) is 5.69 Å². The summed E-state index contributed by atoms with van der Waals surface area (Å²) in [5.74, 6) is 0. The van der Waals surface area contributed by atoms with Crippen LogP contribution in [0, 0.1) is 0 Å². The van der Waals surface area contributed by atoms with Crippen molar-refractivity contribution < 1.29 is 0 Å². The molecule has 122 valence electrons. The van der Waals surface area contributed by atoms with E-state index in [1.165, 1.54) is 24.9 Å². The van der Waals surface area contributed by atoms with Crippen LogP contribution in [-0.2, 0) is 0 Å². The maximum Gasteiger partial charge on any atom is 0.0625 e. The molecular formula is C18H28ClN3. The molecule has 1 aromatic rings. The molecule has 3 nitrogen and oxygen atoms in total. The molecule has 1 N–H and O–H groups in total. The Morgan fingerprint density at radius 3 is 2.73 bits per heavy atom. The first-order valence-corrected chi connectivity index (χ1v) is 8.70. The molecule has 0 amide bonds. The van der Waals surface area contributed by atoms with Crippen LogP contribution in [0.5, 0.6) is 0 Å². The molecule has 0 aliphatic carbocycles. The van der Waals surface area contributed by atoms with Gasteiger partial charge in [0, 0.05) is 24.0 Å². The number of hydrogen-bond acceptors (Lipinski definition) is 3. The summed E-state index contributed by atoms with van der Waals surface area (Å²) in [5.41, 5.74) is 2.31. The Morgan fingerprint density at radius 1 is 1.27 bits per heavy atom. The van der Waals surface area contributed by atoms with Gasteiger partial charge in [0.25, 0.3) is 0 Å². The van der Waals surface area contributed by atoms with Gasteiger partial charge in [-0.3, -0.25) is 4.42 Å². The Hall–Kier alpha value is -1.03. The van der Waals surface area contributed by atoms with Crippen molar-refractivity contribution in [1.29, 1.82) is 0 Å². The van der Waals surface area contributed by atoms with Crippen LogP contribution in [-0.4, -0.2) is 30.6 Å². The molecular weight excluding hydrogens is 294 g/mol. The second-order valence-electron chi connectivity index (χ2n) is 5.93. The van der Waals surface area contributed by atoms with Gasteiger partial charge in [-0.15, -0.1) is 0 Å². The van der Waals surface area contributed by atoms with Gasteiger partial charge >= 0.3 is 0 Å². The molecule has 22 heavy (non-hydrogen) atoms. The third kappa shape index (κ3) is 4.48. The van der Waals surface area contributed by atoms with Gasteiger partial charge in [0.2, 0.25) is 0 Å². The van der Waals surface area contributed by atoms with E-state index in [2.05, 4.69) is 55.3 Å². The highest BCUT2D eigenvalue weighted by Gasteiger charge is 2.20. The molecule has 2 atom stereocenters. The van der Waals surface area contributed by atoms with Gasteiger partial charge in [-0.05, 0) is 57.1 Å². The summed E-state index contributed by atoms with van der Waals surface area (Å²) >= 11 is 6.21. The molecule has 2 unspecified atom stereocenters. The van der Waals surface area contributed by atoms with Gasteiger partial charge in [0.1, 0.15) is 0 Å². The van der Waals surface area contributed by atoms with E-state index in [-0.39, 0.29) is 6.04 Å². The molecule has 1 heterocycles. The highest BCUT2D eigenvalue weighted by atomic mass is 35.5. The minimum absolute atomic E-state index is 0.245. The lowest BCUT2D eigenvalue weighted by Crippen LogP contribution is -2.33. The molecule has 0 saturated heterocycles. The number of para-hydroxylation sites is 1. The fourth-order valence-electron chi connectivity index (χ4n) is 2.99. The number of hydrogen-bond donors (Lipinski definition) is 1. The van der Waals surface area contributed by atoms with E-state index >= 15 is 0 Å². The first kappa shape index (κ1) is 17.3. The van der Waals surface area contributed by atoms with Crippen LogP contribution in [0.1, 0.15) is 45.2 Å². The minimum atomic E-state index is 0.245. The number of benzene rings is 1. The predicted octanol–water partition coefficient (Wildman–Crippen LogP) is 4.32. The van der Waals surface area contributed by atoms with E-state index in [9.17, 15) is 0 Å². The third-order valence-electron chi connectivity index (χ3n) is 4.38. The lowest BCUT2D eigenvalue weighted by atomic mass is 10.0. The molecule has 1 aliphatic rings. The first-order chi connectivity index (χ1) is 10.7. The lowest BCUT2D eigenvalue weighted by Gasteiger charge is -2.29. The van der Waals surface area contributed by atoms with Gasteiger partial charge in [-0.25, -0.2) is 0 Å². The Morgan fingerprint density at radius 2 is 2.00 bits per heavy atom. The van der Waals surface area contributed by atoms with E-state index in [1.54, 1.807) is 4.42 Å². The van der Waals surface area contributed by atoms with E-state index in [0.29, 0.717) is 6.04 Å². The molecule has 0 saturated carbocycles. The summed E-state index contributed by atoms with van der Waals surface area (Å²) in [6.07, 6.45) is 6.49. The predicted molar refractivity (Wildman–Crippen MR) is 96.3 cm³/mol. The summed E-state index contributed by atoms with van der Waals surface area (Å²) in [6, 6.07) is 9.04. The molecule has 0 spiro atoms. The Labute approximate surface area is 140 Å². The quantitative estimate of drug-likeness (QED) is 0.720. The average molecular weight is 322 g/mol. The zero-order chi connectivity index (χ0) is 15.9. The third-order valence-corrected chi connectivity index (χ3v) is 4.68. The second-order valence-corrected chi connectivity index (χ2v) is 6.29. The number of nitrogens with one attached hydrogen (secondary N) is 1. The van der Waals surface area contributed by atoms with Crippen molar-refractivity contribution >= 4 is 17.5 Å². The topological polar surface area (TPSA) is 18.5 Å². The van der Waals surface area contributed by atoms with Crippen molar-refractivity contribution in [3.8, 4) is 0 Å². The second kappa shape index (κ2) is 8.56. The van der Waals surface area contributed by atoms with Crippen molar-refractivity contribution in [2.45, 2.75) is 45.7 Å². The normalized spacial score (nSPS) is 18.6. The van der Waals surface area contributed by atoms with Gasteiger partial charge < -0.3 is 10.2 Å². The van der Waals surface area contributed by atoms with E-state index in [1.807, 2.05) is 12.3 Å². The average Bonchev–Trinajstić information content (AvgIpc) is 2.54.